The predicted octanol–water partition coefficient (Wildman–Crippen LogP) is 6.98. The average Bonchev–Trinajstić information content (AvgIpc) is 3.25. The topological polar surface area (TPSA) is 59.4 Å². The van der Waals surface area contributed by atoms with Crippen molar-refractivity contribution in [1.82, 2.24) is 4.98 Å². The second-order valence-electron chi connectivity index (χ2n) is 8.45. The van der Waals surface area contributed by atoms with E-state index in [1.54, 1.807) is 17.8 Å². The van der Waals surface area contributed by atoms with Crippen LogP contribution in [0, 0.1) is 13.8 Å². The summed E-state index contributed by atoms with van der Waals surface area (Å²) in [6.45, 7) is 3.44. The quantitative estimate of drug-likeness (QED) is 0.168. The molecular formula is C28H24F3NO3SSe. The Morgan fingerprint density at radius 2 is 1.76 bits per heavy atom. The molecule has 0 fully saturated rings. The molecule has 0 radical (unpaired) electrons. The van der Waals surface area contributed by atoms with Crippen LogP contribution in [0.5, 0.6) is 5.75 Å². The van der Waals surface area contributed by atoms with E-state index in [2.05, 4.69) is 12.1 Å². The van der Waals surface area contributed by atoms with Crippen molar-refractivity contribution in [1.29, 1.82) is 0 Å². The minimum absolute atomic E-state index is 0.0725. The molecule has 0 saturated heterocycles. The van der Waals surface area contributed by atoms with Gasteiger partial charge in [0.05, 0.1) is 0 Å². The fourth-order valence-electron chi connectivity index (χ4n) is 3.81. The number of aryl methyl sites for hydroxylation is 2. The molecule has 9 heteroatoms. The summed E-state index contributed by atoms with van der Waals surface area (Å²) in [6.07, 6.45) is -3.60. The number of rotatable bonds is 9. The first-order valence-corrected chi connectivity index (χ1v) is 14.0. The number of nitrogens with zero attached hydrogens (tertiary/aromatic N) is 1. The van der Waals surface area contributed by atoms with Crippen LogP contribution >= 0.6 is 11.8 Å². The van der Waals surface area contributed by atoms with Crippen molar-refractivity contribution in [3.63, 3.8) is 0 Å². The average molecular weight is 591 g/mol. The van der Waals surface area contributed by atoms with E-state index >= 15 is 0 Å². The number of benzene rings is 3. The number of hydrogen-bond acceptors (Lipinski definition) is 4. The van der Waals surface area contributed by atoms with Gasteiger partial charge in [0, 0.05) is 0 Å². The number of aliphatic carboxylic acids is 1. The van der Waals surface area contributed by atoms with Gasteiger partial charge in [-0.3, -0.25) is 0 Å². The Hall–Kier alpha value is -3.00. The first-order chi connectivity index (χ1) is 17.6. The van der Waals surface area contributed by atoms with E-state index in [4.69, 9.17) is 14.8 Å². The van der Waals surface area contributed by atoms with E-state index in [0.29, 0.717) is 11.3 Å². The zero-order chi connectivity index (χ0) is 26.6. The number of carboxylic acid groups (broad SMARTS) is 1. The van der Waals surface area contributed by atoms with E-state index in [1.165, 1.54) is 22.1 Å². The maximum absolute atomic E-state index is 13.0. The molecule has 4 nitrogen and oxygen atoms in total. The predicted molar refractivity (Wildman–Crippen MR) is 139 cm³/mol. The van der Waals surface area contributed by atoms with Gasteiger partial charge in [0.1, 0.15) is 0 Å². The zero-order valence-corrected chi connectivity index (χ0v) is 22.6. The monoisotopic (exact) mass is 591 g/mol. The molecule has 3 aromatic carbocycles. The number of aromatic nitrogens is 1. The molecule has 1 N–H and O–H groups in total. The van der Waals surface area contributed by atoms with Gasteiger partial charge in [-0.25, -0.2) is 0 Å². The van der Waals surface area contributed by atoms with Crippen molar-refractivity contribution in [3.8, 4) is 15.9 Å². The summed E-state index contributed by atoms with van der Waals surface area (Å²) in [4.78, 5) is 16.6. The van der Waals surface area contributed by atoms with Crippen molar-refractivity contribution < 1.29 is 27.8 Å². The molecule has 1 unspecified atom stereocenters. The van der Waals surface area contributed by atoms with E-state index in [9.17, 15) is 18.0 Å². The van der Waals surface area contributed by atoms with Crippen LogP contribution in [-0.4, -0.2) is 37.2 Å². The van der Waals surface area contributed by atoms with Gasteiger partial charge in [-0.1, -0.05) is 0 Å². The van der Waals surface area contributed by atoms with Crippen LogP contribution in [0.1, 0.15) is 32.1 Å². The van der Waals surface area contributed by atoms with Gasteiger partial charge in [0.15, 0.2) is 0 Å². The zero-order valence-electron chi connectivity index (χ0n) is 20.1. The molecule has 1 heterocycles. The Morgan fingerprint density at radius 3 is 2.38 bits per heavy atom. The van der Waals surface area contributed by atoms with Crippen LogP contribution in [0.4, 0.5) is 13.2 Å². The molecule has 0 saturated carbocycles. The van der Waals surface area contributed by atoms with Crippen LogP contribution in [0.3, 0.4) is 0 Å². The molecule has 1 atom stereocenters. The fraction of sp³-hybridized carbons (Fsp3) is 0.214. The molecular weight excluding hydrogens is 566 g/mol. The normalized spacial score (nSPS) is 12.4. The van der Waals surface area contributed by atoms with E-state index in [-0.39, 0.29) is 19.8 Å². The van der Waals surface area contributed by atoms with E-state index in [1.807, 2.05) is 44.2 Å². The van der Waals surface area contributed by atoms with E-state index < -0.39 is 24.3 Å². The van der Waals surface area contributed by atoms with Crippen LogP contribution < -0.4 is 4.74 Å². The summed E-state index contributed by atoms with van der Waals surface area (Å²) < 4.78 is 46.4. The van der Waals surface area contributed by atoms with Gasteiger partial charge < -0.3 is 0 Å². The number of hydrogen-bond donors (Lipinski definition) is 1. The number of thioether (sulfide) groups is 1. The summed E-state index contributed by atoms with van der Waals surface area (Å²) in [6, 6.07) is 21.0. The summed E-state index contributed by atoms with van der Waals surface area (Å²) in [5, 5.41) is 8.96. The Labute approximate surface area is 223 Å². The molecule has 0 aliphatic carbocycles. The van der Waals surface area contributed by atoms with Crippen LogP contribution in [0.2, 0.25) is 0 Å². The molecule has 0 bridgehead atoms. The molecule has 0 amide bonds. The van der Waals surface area contributed by atoms with Gasteiger partial charge >= 0.3 is 224 Å². The fourth-order valence-corrected chi connectivity index (χ4v) is 7.84. The number of carbonyl (C=O) groups is 1. The number of alkyl halides is 3. The molecule has 1 aromatic heterocycles. The molecule has 192 valence electrons. The third-order valence-electron chi connectivity index (χ3n) is 5.62. The molecule has 4 rings (SSSR count). The van der Waals surface area contributed by atoms with Crippen LogP contribution in [-0.2, 0) is 17.4 Å². The van der Waals surface area contributed by atoms with Crippen LogP contribution in [0.25, 0.3) is 10.1 Å². The van der Waals surface area contributed by atoms with Crippen molar-refractivity contribution in [2.24, 2.45) is 0 Å². The van der Waals surface area contributed by atoms with Gasteiger partial charge in [0.2, 0.25) is 0 Å². The molecule has 37 heavy (non-hydrogen) atoms. The second kappa shape index (κ2) is 11.6. The van der Waals surface area contributed by atoms with Gasteiger partial charge in [-0.05, 0) is 0 Å². The van der Waals surface area contributed by atoms with E-state index in [0.717, 1.165) is 39.3 Å². The molecule has 0 aliphatic heterocycles. The molecule has 4 aromatic rings. The summed E-state index contributed by atoms with van der Waals surface area (Å²) in [5.74, 6) is -0.504. The van der Waals surface area contributed by atoms with Gasteiger partial charge in [0.25, 0.3) is 0 Å². The van der Waals surface area contributed by atoms with Crippen molar-refractivity contribution in [2.75, 3.05) is 6.61 Å². The van der Waals surface area contributed by atoms with Crippen molar-refractivity contribution >= 4 is 32.2 Å². The van der Waals surface area contributed by atoms with Crippen molar-refractivity contribution in [2.45, 2.75) is 36.6 Å². The number of halogens is 3. The van der Waals surface area contributed by atoms with Gasteiger partial charge in [-0.15, -0.1) is 0 Å². The summed E-state index contributed by atoms with van der Waals surface area (Å²) in [7, 11) is 0. The summed E-state index contributed by atoms with van der Waals surface area (Å²) >= 11 is 1.56. The molecule has 0 aliphatic rings. The summed E-state index contributed by atoms with van der Waals surface area (Å²) in [5.41, 5.74) is 2.96. The van der Waals surface area contributed by atoms with Crippen molar-refractivity contribution in [3.05, 3.63) is 99.6 Å². The Kier molecular flexibility index (Phi) is 8.47. The first kappa shape index (κ1) is 27.0. The third kappa shape index (κ3) is 7.06. The van der Waals surface area contributed by atoms with Crippen LogP contribution in [0.15, 0.2) is 77.7 Å². The standard InChI is InChI=1S/C28H24F3NO3SSe/c1-17-14-22(12-13-23(17)35-16-25(33)34)36-24(15-19-6-4-3-5-7-19)26-18(2)32-27(37-26)20-8-10-21(11-9-20)28(29,30)31/h3-14,24H,15-16H2,1-2H3,(H,33,34). The number of ether oxygens (including phenoxy) is 1. The first-order valence-electron chi connectivity index (χ1n) is 11.4. The number of carboxylic acids is 1. The Balaban J connectivity index is 1.63. The Morgan fingerprint density at radius 1 is 1.05 bits per heavy atom. The molecule has 0 spiro atoms. The minimum atomic E-state index is -4.37. The maximum atomic E-state index is 13.0. The second-order valence-corrected chi connectivity index (χ2v) is 11.9. The van der Waals surface area contributed by atoms with Gasteiger partial charge in [-0.2, -0.15) is 0 Å². The SMILES string of the molecule is Cc1cc(SC(Cc2ccccc2)c2[se]c(-c3ccc(C(F)(F)F)cc3)nc2C)ccc1OCC(=O)O. The Bertz CT molecular complexity index is 1370. The third-order valence-corrected chi connectivity index (χ3v) is 9.94.